The molecule has 2 heteroatoms. The Balaban J connectivity index is 3.46. The standard InChI is InChI=1S/C8H19NO/c1-5-8(3,4)9-6-7(2)10/h7,9-10H,5-6H2,1-4H3. The summed E-state index contributed by atoms with van der Waals surface area (Å²) < 4.78 is 0. The van der Waals surface area contributed by atoms with Crippen molar-refractivity contribution in [1.29, 1.82) is 0 Å². The van der Waals surface area contributed by atoms with Crippen LogP contribution in [0.25, 0.3) is 0 Å². The molecule has 62 valence electrons. The van der Waals surface area contributed by atoms with Crippen molar-refractivity contribution in [3.05, 3.63) is 0 Å². The van der Waals surface area contributed by atoms with E-state index in [9.17, 15) is 0 Å². The Morgan fingerprint density at radius 3 is 2.30 bits per heavy atom. The lowest BCUT2D eigenvalue weighted by Gasteiger charge is -2.25. The molecule has 0 bridgehead atoms. The molecule has 2 nitrogen and oxygen atoms in total. The molecule has 0 saturated carbocycles. The second-order valence-electron chi connectivity index (χ2n) is 3.47. The van der Waals surface area contributed by atoms with Gasteiger partial charge in [-0.2, -0.15) is 0 Å². The average molecular weight is 145 g/mol. The van der Waals surface area contributed by atoms with Gasteiger partial charge in [0, 0.05) is 12.1 Å². The molecule has 0 aromatic rings. The Hall–Kier alpha value is -0.0800. The van der Waals surface area contributed by atoms with Gasteiger partial charge in [0.25, 0.3) is 0 Å². The Kier molecular flexibility index (Phi) is 3.91. The van der Waals surface area contributed by atoms with Crippen LogP contribution < -0.4 is 5.32 Å². The van der Waals surface area contributed by atoms with Gasteiger partial charge in [-0.3, -0.25) is 0 Å². The van der Waals surface area contributed by atoms with Gasteiger partial charge >= 0.3 is 0 Å². The maximum Gasteiger partial charge on any atom is 0.0636 e. The summed E-state index contributed by atoms with van der Waals surface area (Å²) in [6, 6.07) is 0. The lowest BCUT2D eigenvalue weighted by molar-refractivity contribution is 0.175. The third-order valence-corrected chi connectivity index (χ3v) is 1.76. The summed E-state index contributed by atoms with van der Waals surface area (Å²) in [5, 5.41) is 12.2. The highest BCUT2D eigenvalue weighted by Crippen LogP contribution is 2.05. The highest BCUT2D eigenvalue weighted by atomic mass is 16.3. The molecule has 0 aliphatic heterocycles. The highest BCUT2D eigenvalue weighted by Gasteiger charge is 2.13. The normalized spacial score (nSPS) is 15.3. The third-order valence-electron chi connectivity index (χ3n) is 1.76. The van der Waals surface area contributed by atoms with E-state index < -0.39 is 0 Å². The number of rotatable bonds is 4. The average Bonchev–Trinajstić information content (AvgIpc) is 1.85. The predicted molar refractivity (Wildman–Crippen MR) is 44.1 cm³/mol. The van der Waals surface area contributed by atoms with Crippen LogP contribution in [-0.2, 0) is 0 Å². The molecule has 0 aliphatic carbocycles. The molecular weight excluding hydrogens is 126 g/mol. The number of hydrogen-bond donors (Lipinski definition) is 2. The minimum atomic E-state index is -0.245. The lowest BCUT2D eigenvalue weighted by Crippen LogP contribution is -2.42. The van der Waals surface area contributed by atoms with Crippen molar-refractivity contribution >= 4 is 0 Å². The van der Waals surface area contributed by atoms with Crippen molar-refractivity contribution in [3.63, 3.8) is 0 Å². The van der Waals surface area contributed by atoms with E-state index in [0.717, 1.165) is 6.42 Å². The Morgan fingerprint density at radius 2 is 2.00 bits per heavy atom. The first-order chi connectivity index (χ1) is 4.48. The fourth-order valence-electron chi connectivity index (χ4n) is 0.549. The van der Waals surface area contributed by atoms with Crippen molar-refractivity contribution in [3.8, 4) is 0 Å². The third kappa shape index (κ3) is 4.77. The summed E-state index contributed by atoms with van der Waals surface area (Å²) in [4.78, 5) is 0. The molecule has 0 spiro atoms. The zero-order valence-corrected chi connectivity index (χ0v) is 7.44. The van der Waals surface area contributed by atoms with E-state index in [1.807, 2.05) is 0 Å². The van der Waals surface area contributed by atoms with Gasteiger partial charge in [0.2, 0.25) is 0 Å². The second kappa shape index (κ2) is 3.94. The number of β-amino-alcohol motifs (C(OH)–C–C–N with tert-alkyl or cyclic N) is 1. The van der Waals surface area contributed by atoms with Gasteiger partial charge < -0.3 is 10.4 Å². The Bertz CT molecular complexity index is 89.3. The molecule has 1 unspecified atom stereocenters. The number of aliphatic hydroxyl groups excluding tert-OH is 1. The van der Waals surface area contributed by atoms with Gasteiger partial charge in [-0.15, -0.1) is 0 Å². The monoisotopic (exact) mass is 145 g/mol. The van der Waals surface area contributed by atoms with Crippen LogP contribution in [0.15, 0.2) is 0 Å². The fourth-order valence-corrected chi connectivity index (χ4v) is 0.549. The fraction of sp³-hybridized carbons (Fsp3) is 1.00. The van der Waals surface area contributed by atoms with E-state index in [-0.39, 0.29) is 11.6 Å². The van der Waals surface area contributed by atoms with Gasteiger partial charge in [0.15, 0.2) is 0 Å². The first-order valence-corrected chi connectivity index (χ1v) is 3.91. The van der Waals surface area contributed by atoms with Crippen molar-refractivity contribution in [2.45, 2.75) is 45.8 Å². The van der Waals surface area contributed by atoms with Crippen LogP contribution in [0.3, 0.4) is 0 Å². The van der Waals surface area contributed by atoms with Crippen LogP contribution in [0.4, 0.5) is 0 Å². The van der Waals surface area contributed by atoms with Gasteiger partial charge in [0.1, 0.15) is 0 Å². The lowest BCUT2D eigenvalue weighted by atomic mass is 10.0. The highest BCUT2D eigenvalue weighted by molar-refractivity contribution is 4.75. The summed E-state index contributed by atoms with van der Waals surface area (Å²) in [7, 11) is 0. The maximum absolute atomic E-state index is 8.95. The minimum Gasteiger partial charge on any atom is -0.392 e. The van der Waals surface area contributed by atoms with Gasteiger partial charge in [0.05, 0.1) is 6.10 Å². The summed E-state index contributed by atoms with van der Waals surface area (Å²) in [6.45, 7) is 8.87. The number of aliphatic hydroxyl groups is 1. The summed E-state index contributed by atoms with van der Waals surface area (Å²) >= 11 is 0. The topological polar surface area (TPSA) is 32.3 Å². The number of hydrogen-bond acceptors (Lipinski definition) is 2. The van der Waals surface area contributed by atoms with E-state index >= 15 is 0 Å². The summed E-state index contributed by atoms with van der Waals surface area (Å²) in [5.74, 6) is 0. The molecule has 1 atom stereocenters. The largest absolute Gasteiger partial charge is 0.392 e. The zero-order chi connectivity index (χ0) is 8.20. The molecule has 0 aromatic heterocycles. The van der Waals surface area contributed by atoms with Crippen molar-refractivity contribution in [2.75, 3.05) is 6.54 Å². The summed E-state index contributed by atoms with van der Waals surface area (Å²) in [5.41, 5.74) is 0.164. The van der Waals surface area contributed by atoms with E-state index in [1.165, 1.54) is 0 Å². The van der Waals surface area contributed by atoms with E-state index in [1.54, 1.807) is 6.92 Å². The molecule has 0 amide bonds. The van der Waals surface area contributed by atoms with Crippen LogP contribution in [0.2, 0.25) is 0 Å². The van der Waals surface area contributed by atoms with Gasteiger partial charge in [-0.25, -0.2) is 0 Å². The number of nitrogens with one attached hydrogen (secondary N) is 1. The SMILES string of the molecule is CCC(C)(C)NCC(C)O. The minimum absolute atomic E-state index is 0.164. The second-order valence-corrected chi connectivity index (χ2v) is 3.47. The van der Waals surface area contributed by atoms with Gasteiger partial charge in [-0.1, -0.05) is 6.92 Å². The molecule has 0 rings (SSSR count). The van der Waals surface area contributed by atoms with Crippen LogP contribution in [0.1, 0.15) is 34.1 Å². The van der Waals surface area contributed by atoms with E-state index in [0.29, 0.717) is 6.54 Å². The molecule has 10 heavy (non-hydrogen) atoms. The molecule has 0 aromatic carbocycles. The molecular formula is C8H19NO. The predicted octanol–water partition coefficient (Wildman–Crippen LogP) is 1.15. The van der Waals surface area contributed by atoms with Gasteiger partial charge in [-0.05, 0) is 27.2 Å². The molecule has 0 fully saturated rings. The smallest absolute Gasteiger partial charge is 0.0636 e. The maximum atomic E-state index is 8.95. The molecule has 0 aliphatic rings. The zero-order valence-electron chi connectivity index (χ0n) is 7.44. The quantitative estimate of drug-likeness (QED) is 0.622. The van der Waals surface area contributed by atoms with Crippen LogP contribution >= 0.6 is 0 Å². The van der Waals surface area contributed by atoms with Crippen LogP contribution in [0.5, 0.6) is 0 Å². The van der Waals surface area contributed by atoms with Crippen molar-refractivity contribution in [2.24, 2.45) is 0 Å². The molecule has 0 heterocycles. The summed E-state index contributed by atoms with van der Waals surface area (Å²) in [6.07, 6.45) is 0.838. The van der Waals surface area contributed by atoms with Crippen molar-refractivity contribution < 1.29 is 5.11 Å². The molecule has 0 saturated heterocycles. The first-order valence-electron chi connectivity index (χ1n) is 3.91. The first kappa shape index (κ1) is 9.92. The Labute approximate surface area is 63.6 Å². The van der Waals surface area contributed by atoms with Crippen LogP contribution in [-0.4, -0.2) is 23.3 Å². The molecule has 2 N–H and O–H groups in total. The molecule has 0 radical (unpaired) electrons. The van der Waals surface area contributed by atoms with Crippen LogP contribution in [0, 0.1) is 0 Å². The van der Waals surface area contributed by atoms with Crippen molar-refractivity contribution in [1.82, 2.24) is 5.32 Å². The Morgan fingerprint density at radius 1 is 1.50 bits per heavy atom. The van der Waals surface area contributed by atoms with E-state index in [4.69, 9.17) is 5.11 Å². The van der Waals surface area contributed by atoms with E-state index in [2.05, 4.69) is 26.1 Å².